The van der Waals surface area contributed by atoms with Crippen LogP contribution in [0.25, 0.3) is 0 Å². The lowest BCUT2D eigenvalue weighted by molar-refractivity contribution is -0.384. The molecular formula is C15H11ClF2N2O3. The number of benzene rings is 2. The molecule has 0 aliphatic heterocycles. The Balaban J connectivity index is 2.26. The third kappa shape index (κ3) is 3.81. The quantitative estimate of drug-likeness (QED) is 0.628. The summed E-state index contributed by atoms with van der Waals surface area (Å²) in [4.78, 5) is 23.5. The first kappa shape index (κ1) is 16.8. The number of hydrogen-bond donors (Lipinski definition) is 0. The zero-order valence-corrected chi connectivity index (χ0v) is 12.7. The fourth-order valence-electron chi connectivity index (χ4n) is 1.99. The van der Waals surface area contributed by atoms with E-state index in [4.69, 9.17) is 11.6 Å². The molecule has 2 aromatic rings. The molecule has 120 valence electrons. The summed E-state index contributed by atoms with van der Waals surface area (Å²) in [6.45, 7) is -0.0880. The van der Waals surface area contributed by atoms with Crippen LogP contribution in [0.1, 0.15) is 15.9 Å². The van der Waals surface area contributed by atoms with Gasteiger partial charge in [0.15, 0.2) is 0 Å². The molecule has 1 amide bonds. The standard InChI is InChI=1S/C15H11ClF2N2O3/c1-19(15(21)12-7-10(17)2-5-14(12)18)8-9-6-11(20(22)23)3-4-13(9)16/h2-7H,8H2,1H3. The minimum absolute atomic E-state index is 0.0880. The minimum atomic E-state index is -0.853. The second-order valence-corrected chi connectivity index (χ2v) is 5.23. The lowest BCUT2D eigenvalue weighted by Gasteiger charge is -2.18. The number of carbonyl (C=O) groups is 1. The van der Waals surface area contributed by atoms with E-state index < -0.39 is 28.0 Å². The van der Waals surface area contributed by atoms with Crippen molar-refractivity contribution in [3.05, 3.63) is 74.3 Å². The van der Waals surface area contributed by atoms with Crippen molar-refractivity contribution in [3.63, 3.8) is 0 Å². The number of nitro benzene ring substituents is 1. The summed E-state index contributed by atoms with van der Waals surface area (Å²) in [5.74, 6) is -2.35. The SMILES string of the molecule is CN(Cc1cc([N+](=O)[O-])ccc1Cl)C(=O)c1cc(F)ccc1F. The molecule has 0 spiro atoms. The van der Waals surface area contributed by atoms with Crippen molar-refractivity contribution in [2.75, 3.05) is 7.05 Å². The molecule has 0 unspecified atom stereocenters. The normalized spacial score (nSPS) is 10.4. The monoisotopic (exact) mass is 340 g/mol. The number of halogens is 3. The van der Waals surface area contributed by atoms with Crippen molar-refractivity contribution < 1.29 is 18.5 Å². The molecule has 23 heavy (non-hydrogen) atoms. The zero-order valence-electron chi connectivity index (χ0n) is 11.9. The van der Waals surface area contributed by atoms with Gasteiger partial charge in [0.25, 0.3) is 11.6 Å². The van der Waals surface area contributed by atoms with Gasteiger partial charge in [-0.2, -0.15) is 0 Å². The van der Waals surface area contributed by atoms with Crippen LogP contribution in [0, 0.1) is 21.7 Å². The molecule has 0 aliphatic carbocycles. The molecule has 0 bridgehead atoms. The largest absolute Gasteiger partial charge is 0.337 e. The van der Waals surface area contributed by atoms with Gasteiger partial charge in [-0.05, 0) is 29.8 Å². The Bertz CT molecular complexity index is 783. The van der Waals surface area contributed by atoms with Gasteiger partial charge in [0.1, 0.15) is 11.6 Å². The molecule has 0 aliphatic rings. The van der Waals surface area contributed by atoms with Crippen molar-refractivity contribution in [1.82, 2.24) is 4.90 Å². The highest BCUT2D eigenvalue weighted by atomic mass is 35.5. The van der Waals surface area contributed by atoms with Crippen LogP contribution in [-0.2, 0) is 6.54 Å². The third-order valence-electron chi connectivity index (χ3n) is 3.15. The average molecular weight is 341 g/mol. The second-order valence-electron chi connectivity index (χ2n) is 4.82. The van der Waals surface area contributed by atoms with Crippen molar-refractivity contribution >= 4 is 23.2 Å². The highest BCUT2D eigenvalue weighted by Crippen LogP contribution is 2.24. The van der Waals surface area contributed by atoms with Crippen molar-refractivity contribution in [2.24, 2.45) is 0 Å². The average Bonchev–Trinajstić information content (AvgIpc) is 2.50. The fraction of sp³-hybridized carbons (Fsp3) is 0.133. The Morgan fingerprint density at radius 2 is 1.96 bits per heavy atom. The van der Waals surface area contributed by atoms with Crippen LogP contribution in [0.2, 0.25) is 5.02 Å². The Morgan fingerprint density at radius 3 is 2.61 bits per heavy atom. The van der Waals surface area contributed by atoms with E-state index >= 15 is 0 Å². The van der Waals surface area contributed by atoms with Gasteiger partial charge in [0.05, 0.1) is 10.5 Å². The van der Waals surface area contributed by atoms with Gasteiger partial charge in [0.2, 0.25) is 0 Å². The van der Waals surface area contributed by atoms with E-state index in [1.807, 2.05) is 0 Å². The van der Waals surface area contributed by atoms with E-state index in [1.165, 1.54) is 25.2 Å². The van der Waals surface area contributed by atoms with Gasteiger partial charge >= 0.3 is 0 Å². The van der Waals surface area contributed by atoms with E-state index in [-0.39, 0.29) is 17.3 Å². The molecule has 0 saturated heterocycles. The van der Waals surface area contributed by atoms with E-state index in [1.54, 1.807) is 0 Å². The van der Waals surface area contributed by atoms with Gasteiger partial charge in [-0.1, -0.05) is 11.6 Å². The molecular weight excluding hydrogens is 330 g/mol. The summed E-state index contributed by atoms with van der Waals surface area (Å²) in [6, 6.07) is 6.37. The van der Waals surface area contributed by atoms with Gasteiger partial charge < -0.3 is 4.90 Å². The number of nitro groups is 1. The van der Waals surface area contributed by atoms with Crippen LogP contribution in [0.4, 0.5) is 14.5 Å². The number of rotatable bonds is 4. The fourth-order valence-corrected chi connectivity index (χ4v) is 2.17. The molecule has 0 saturated carbocycles. The maximum absolute atomic E-state index is 13.6. The highest BCUT2D eigenvalue weighted by molar-refractivity contribution is 6.31. The van der Waals surface area contributed by atoms with Crippen LogP contribution < -0.4 is 0 Å². The smallest absolute Gasteiger partial charge is 0.269 e. The Hall–Kier alpha value is -2.54. The number of nitrogens with zero attached hydrogens (tertiary/aromatic N) is 2. The third-order valence-corrected chi connectivity index (χ3v) is 3.52. The Morgan fingerprint density at radius 1 is 1.26 bits per heavy atom. The van der Waals surface area contributed by atoms with Crippen molar-refractivity contribution in [2.45, 2.75) is 6.54 Å². The topological polar surface area (TPSA) is 63.4 Å². The van der Waals surface area contributed by atoms with Crippen LogP contribution in [-0.4, -0.2) is 22.8 Å². The van der Waals surface area contributed by atoms with Crippen molar-refractivity contribution in [1.29, 1.82) is 0 Å². The number of amides is 1. The van der Waals surface area contributed by atoms with Gasteiger partial charge in [-0.25, -0.2) is 8.78 Å². The number of hydrogen-bond acceptors (Lipinski definition) is 3. The molecule has 0 heterocycles. The van der Waals surface area contributed by atoms with Crippen LogP contribution in [0.5, 0.6) is 0 Å². The highest BCUT2D eigenvalue weighted by Gasteiger charge is 2.19. The van der Waals surface area contributed by atoms with Crippen LogP contribution in [0.15, 0.2) is 36.4 Å². The summed E-state index contributed by atoms with van der Waals surface area (Å²) in [5.41, 5.74) is -0.273. The number of non-ortho nitro benzene ring substituents is 1. The van der Waals surface area contributed by atoms with Crippen LogP contribution >= 0.6 is 11.6 Å². The molecule has 0 aromatic heterocycles. The molecule has 2 rings (SSSR count). The summed E-state index contributed by atoms with van der Waals surface area (Å²) < 4.78 is 26.8. The van der Waals surface area contributed by atoms with E-state index in [0.717, 1.165) is 23.1 Å². The summed E-state index contributed by atoms with van der Waals surface area (Å²) in [6.07, 6.45) is 0. The molecule has 0 N–H and O–H groups in total. The molecule has 0 atom stereocenters. The predicted octanol–water partition coefficient (Wildman–Crippen LogP) is 3.80. The van der Waals surface area contributed by atoms with Crippen LogP contribution in [0.3, 0.4) is 0 Å². The summed E-state index contributed by atoms with van der Waals surface area (Å²) in [7, 11) is 1.36. The molecule has 0 radical (unpaired) electrons. The Labute approximate surface area is 135 Å². The van der Waals surface area contributed by atoms with E-state index in [0.29, 0.717) is 5.56 Å². The first-order valence-corrected chi connectivity index (χ1v) is 6.80. The summed E-state index contributed by atoms with van der Waals surface area (Å²) >= 11 is 5.96. The number of carbonyl (C=O) groups excluding carboxylic acids is 1. The van der Waals surface area contributed by atoms with Gasteiger partial charge in [0, 0.05) is 30.7 Å². The summed E-state index contributed by atoms with van der Waals surface area (Å²) in [5, 5.41) is 11.0. The first-order chi connectivity index (χ1) is 10.8. The van der Waals surface area contributed by atoms with Crippen molar-refractivity contribution in [3.8, 4) is 0 Å². The van der Waals surface area contributed by atoms with Gasteiger partial charge in [-0.15, -0.1) is 0 Å². The molecule has 2 aromatic carbocycles. The zero-order chi connectivity index (χ0) is 17.1. The second kappa shape index (κ2) is 6.70. The Kier molecular flexibility index (Phi) is 4.90. The van der Waals surface area contributed by atoms with E-state index in [2.05, 4.69) is 0 Å². The predicted molar refractivity (Wildman–Crippen MR) is 80.3 cm³/mol. The minimum Gasteiger partial charge on any atom is -0.337 e. The lowest BCUT2D eigenvalue weighted by Crippen LogP contribution is -2.27. The first-order valence-electron chi connectivity index (χ1n) is 6.43. The lowest BCUT2D eigenvalue weighted by atomic mass is 10.1. The molecule has 5 nitrogen and oxygen atoms in total. The maximum Gasteiger partial charge on any atom is 0.269 e. The van der Waals surface area contributed by atoms with E-state index in [9.17, 15) is 23.7 Å². The maximum atomic E-state index is 13.6. The van der Waals surface area contributed by atoms with Gasteiger partial charge in [-0.3, -0.25) is 14.9 Å². The molecule has 0 fully saturated rings. The molecule has 8 heteroatoms.